The van der Waals surface area contributed by atoms with Crippen molar-refractivity contribution in [1.29, 1.82) is 0 Å². The first-order chi connectivity index (χ1) is 17.8. The van der Waals surface area contributed by atoms with Crippen LogP contribution in [0.5, 0.6) is 0 Å². The van der Waals surface area contributed by atoms with Crippen LogP contribution in [0.1, 0.15) is 25.1 Å². The van der Waals surface area contributed by atoms with E-state index in [0.29, 0.717) is 12.5 Å². The Morgan fingerprint density at radius 2 is 1.92 bits per heavy atom. The van der Waals surface area contributed by atoms with Crippen LogP contribution in [0.25, 0.3) is 5.70 Å². The number of halogens is 1. The van der Waals surface area contributed by atoms with Crippen LogP contribution < -0.4 is 10.6 Å². The molecule has 1 aliphatic rings. The third-order valence-corrected chi connectivity index (χ3v) is 5.87. The molecule has 0 unspecified atom stereocenters. The fourth-order valence-corrected chi connectivity index (χ4v) is 3.87. The van der Waals surface area contributed by atoms with Gasteiger partial charge in [-0.05, 0) is 68.9 Å². The van der Waals surface area contributed by atoms with Gasteiger partial charge in [0.1, 0.15) is 5.82 Å². The predicted molar refractivity (Wildman–Crippen MR) is 152 cm³/mol. The summed E-state index contributed by atoms with van der Waals surface area (Å²) >= 11 is 0. The SMILES string of the molecule is C=C\C(C)=C/C=C(C)/C(NC)=C(\c1ccnc(NCc2ccc(F)cc2)n1)N1C=CC(CN(C)C)=CC1. The fourth-order valence-electron chi connectivity index (χ4n) is 3.87. The molecule has 3 rings (SSSR count). The minimum atomic E-state index is -0.254. The Hall–Kier alpha value is -3.97. The van der Waals surface area contributed by atoms with E-state index in [1.54, 1.807) is 18.3 Å². The molecule has 1 aromatic carbocycles. The monoisotopic (exact) mass is 500 g/mol. The average molecular weight is 501 g/mol. The molecule has 0 saturated carbocycles. The van der Waals surface area contributed by atoms with E-state index in [2.05, 4.69) is 77.4 Å². The Kier molecular flexibility index (Phi) is 9.98. The maximum absolute atomic E-state index is 13.3. The van der Waals surface area contributed by atoms with Crippen molar-refractivity contribution in [1.82, 2.24) is 25.1 Å². The van der Waals surface area contributed by atoms with Gasteiger partial charge in [0.15, 0.2) is 0 Å². The van der Waals surface area contributed by atoms with Gasteiger partial charge in [-0.15, -0.1) is 0 Å². The zero-order valence-corrected chi connectivity index (χ0v) is 22.4. The predicted octanol–water partition coefficient (Wildman–Crippen LogP) is 5.51. The summed E-state index contributed by atoms with van der Waals surface area (Å²) in [7, 11) is 6.06. The third-order valence-electron chi connectivity index (χ3n) is 5.87. The Labute approximate surface area is 220 Å². The van der Waals surface area contributed by atoms with Crippen molar-refractivity contribution < 1.29 is 4.39 Å². The van der Waals surface area contributed by atoms with Gasteiger partial charge in [-0.25, -0.2) is 14.4 Å². The lowest BCUT2D eigenvalue weighted by atomic mass is 10.1. The van der Waals surface area contributed by atoms with Gasteiger partial charge in [-0.2, -0.15) is 0 Å². The van der Waals surface area contributed by atoms with Crippen LogP contribution in [-0.2, 0) is 6.54 Å². The van der Waals surface area contributed by atoms with E-state index in [-0.39, 0.29) is 5.82 Å². The average Bonchev–Trinajstić information content (AvgIpc) is 2.90. The van der Waals surface area contributed by atoms with Gasteiger partial charge in [0, 0.05) is 39.1 Å². The molecule has 0 fully saturated rings. The second-order valence-electron chi connectivity index (χ2n) is 9.17. The second kappa shape index (κ2) is 13.4. The quantitative estimate of drug-likeness (QED) is 0.397. The fraction of sp³-hybridized carbons (Fsp3) is 0.267. The molecule has 0 atom stereocenters. The van der Waals surface area contributed by atoms with E-state index in [9.17, 15) is 4.39 Å². The summed E-state index contributed by atoms with van der Waals surface area (Å²) in [6.07, 6.45) is 14.2. The summed E-state index contributed by atoms with van der Waals surface area (Å²) in [6, 6.07) is 8.32. The van der Waals surface area contributed by atoms with Gasteiger partial charge in [0.2, 0.25) is 5.95 Å². The van der Waals surface area contributed by atoms with Crippen molar-refractivity contribution in [2.45, 2.75) is 20.4 Å². The summed E-state index contributed by atoms with van der Waals surface area (Å²) in [5.74, 6) is 0.249. The first-order valence-corrected chi connectivity index (χ1v) is 12.3. The molecule has 2 heterocycles. The van der Waals surface area contributed by atoms with Crippen LogP contribution in [0.3, 0.4) is 0 Å². The number of allylic oxidation sites excluding steroid dienone is 5. The second-order valence-corrected chi connectivity index (χ2v) is 9.17. The molecule has 7 heteroatoms. The number of hydrogen-bond acceptors (Lipinski definition) is 6. The van der Waals surface area contributed by atoms with Gasteiger partial charge < -0.3 is 20.4 Å². The summed E-state index contributed by atoms with van der Waals surface area (Å²) in [4.78, 5) is 13.6. The highest BCUT2D eigenvalue weighted by Crippen LogP contribution is 2.28. The van der Waals surface area contributed by atoms with E-state index < -0.39 is 0 Å². The summed E-state index contributed by atoms with van der Waals surface area (Å²) in [5, 5.41) is 6.67. The molecule has 0 bridgehead atoms. The standard InChI is InChI=1S/C30H37FN6/c1-7-22(2)8-9-23(3)28(32-4)29(37-18-15-25(16-19-37)21-36(5)6)27-14-17-33-30(35-27)34-20-24-10-12-26(31)13-11-24/h7-18,32H,1,19-21H2,2-6H3,(H,33,34,35)/b22-8-,23-9+,29-28-. The molecule has 2 N–H and O–H groups in total. The molecule has 0 spiro atoms. The maximum Gasteiger partial charge on any atom is 0.223 e. The largest absolute Gasteiger partial charge is 0.386 e. The minimum Gasteiger partial charge on any atom is -0.386 e. The van der Waals surface area contributed by atoms with Crippen LogP contribution in [-0.4, -0.2) is 54.0 Å². The smallest absolute Gasteiger partial charge is 0.223 e. The number of likely N-dealkylation sites (N-methyl/N-ethyl adjacent to an activating group) is 2. The van der Waals surface area contributed by atoms with E-state index in [1.165, 1.54) is 17.7 Å². The normalized spacial score (nSPS) is 14.9. The van der Waals surface area contributed by atoms with Crippen molar-refractivity contribution in [3.63, 3.8) is 0 Å². The molecule has 0 aliphatic carbocycles. The lowest BCUT2D eigenvalue weighted by molar-refractivity contribution is 0.444. The number of aromatic nitrogens is 2. The van der Waals surface area contributed by atoms with Gasteiger partial charge in [0.25, 0.3) is 0 Å². The molecule has 0 saturated heterocycles. The van der Waals surface area contributed by atoms with Gasteiger partial charge in [-0.1, -0.05) is 48.6 Å². The molecule has 0 radical (unpaired) electrons. The van der Waals surface area contributed by atoms with Gasteiger partial charge >= 0.3 is 0 Å². The number of benzene rings is 1. The summed E-state index contributed by atoms with van der Waals surface area (Å²) in [5.41, 5.74) is 7.06. The van der Waals surface area contributed by atoms with E-state index in [1.807, 2.05) is 32.2 Å². The van der Waals surface area contributed by atoms with E-state index in [4.69, 9.17) is 4.98 Å². The number of anilines is 1. The van der Waals surface area contributed by atoms with Crippen LogP contribution in [0.4, 0.5) is 10.3 Å². The lowest BCUT2D eigenvalue weighted by Crippen LogP contribution is -2.26. The highest BCUT2D eigenvalue weighted by Gasteiger charge is 2.20. The highest BCUT2D eigenvalue weighted by molar-refractivity contribution is 5.70. The number of nitrogens with one attached hydrogen (secondary N) is 2. The van der Waals surface area contributed by atoms with Crippen molar-refractivity contribution in [2.24, 2.45) is 0 Å². The minimum absolute atomic E-state index is 0.254. The molecule has 2 aromatic rings. The topological polar surface area (TPSA) is 56.3 Å². The van der Waals surface area contributed by atoms with E-state index in [0.717, 1.165) is 46.9 Å². The van der Waals surface area contributed by atoms with Crippen LogP contribution in [0.15, 0.2) is 102 Å². The van der Waals surface area contributed by atoms with Crippen molar-refractivity contribution in [2.75, 3.05) is 39.5 Å². The van der Waals surface area contributed by atoms with Crippen molar-refractivity contribution >= 4 is 11.6 Å². The Morgan fingerprint density at radius 1 is 1.16 bits per heavy atom. The van der Waals surface area contributed by atoms with Gasteiger partial charge in [-0.3, -0.25) is 0 Å². The number of nitrogens with zero attached hydrogens (tertiary/aromatic N) is 4. The first-order valence-electron chi connectivity index (χ1n) is 12.3. The van der Waals surface area contributed by atoms with Crippen molar-refractivity contribution in [3.8, 4) is 0 Å². The first kappa shape index (κ1) is 27.6. The molecular formula is C30H37FN6. The molecule has 0 amide bonds. The van der Waals surface area contributed by atoms with Crippen molar-refractivity contribution in [3.05, 3.63) is 119 Å². The molecule has 194 valence electrons. The highest BCUT2D eigenvalue weighted by atomic mass is 19.1. The van der Waals surface area contributed by atoms with E-state index >= 15 is 0 Å². The molecular weight excluding hydrogens is 463 g/mol. The third kappa shape index (κ3) is 8.02. The molecule has 1 aliphatic heterocycles. The Morgan fingerprint density at radius 3 is 2.54 bits per heavy atom. The zero-order valence-electron chi connectivity index (χ0n) is 22.4. The van der Waals surface area contributed by atoms with Crippen LogP contribution in [0, 0.1) is 5.82 Å². The molecule has 1 aromatic heterocycles. The Bertz CT molecular complexity index is 1230. The lowest BCUT2D eigenvalue weighted by Gasteiger charge is -2.29. The van der Waals surface area contributed by atoms with Crippen LogP contribution >= 0.6 is 0 Å². The summed E-state index contributed by atoms with van der Waals surface area (Å²) in [6.45, 7) is 10.0. The number of hydrogen-bond donors (Lipinski definition) is 2. The summed E-state index contributed by atoms with van der Waals surface area (Å²) < 4.78 is 13.3. The molecule has 6 nitrogen and oxygen atoms in total. The van der Waals surface area contributed by atoms with Crippen LogP contribution in [0.2, 0.25) is 0 Å². The Balaban J connectivity index is 1.99. The molecule has 37 heavy (non-hydrogen) atoms. The maximum atomic E-state index is 13.3. The zero-order chi connectivity index (χ0) is 26.8. The number of rotatable bonds is 11. The van der Waals surface area contributed by atoms with Gasteiger partial charge in [0.05, 0.1) is 17.1 Å².